The number of nitrogens with one attached hydrogen (secondary N) is 6. The van der Waals surface area contributed by atoms with Gasteiger partial charge in [-0.2, -0.15) is 18.8 Å². The Labute approximate surface area is 553 Å². The van der Waals surface area contributed by atoms with Crippen LogP contribution in [-0.2, 0) is 113 Å². The van der Waals surface area contributed by atoms with E-state index >= 15 is 0 Å². The maximum absolute atomic E-state index is 13.1. The average Bonchev–Trinajstić information content (AvgIpc) is 1.05. The number of methoxy groups -OCH3 is 2. The van der Waals surface area contributed by atoms with Crippen LogP contribution >= 0.6 is 46.6 Å². The molecule has 0 aromatic carbocycles. The molecule has 10 N–H and O–H groups in total. The third-order valence-electron chi connectivity index (χ3n) is 14.2. The Morgan fingerprint density at radius 2 is 1.13 bits per heavy atom. The van der Waals surface area contributed by atoms with Crippen molar-refractivity contribution >= 4 is 100 Å². The first-order chi connectivity index (χ1) is 43.9. The zero-order valence-electron chi connectivity index (χ0n) is 54.7. The zero-order valence-corrected chi connectivity index (χ0v) is 59.0. The minimum atomic E-state index is -4.11. The smallest absolute Gasteiger partial charge is 0.481 e. The van der Waals surface area contributed by atoms with Gasteiger partial charge in [0.2, 0.25) is 5.91 Å². The Kier molecular flexibility index (Phi) is 31.4. The molecule has 0 spiro atoms. The van der Waals surface area contributed by atoms with Crippen molar-refractivity contribution in [3.63, 3.8) is 0 Å². The van der Waals surface area contributed by atoms with Crippen molar-refractivity contribution in [1.82, 2.24) is 46.2 Å². The Bertz CT molecular complexity index is 3110. The number of carbonyl (C=O) groups is 9. The van der Waals surface area contributed by atoms with Gasteiger partial charge in [0, 0.05) is 77.3 Å². The number of aromatic nitrogens is 3. The summed E-state index contributed by atoms with van der Waals surface area (Å²) < 4.78 is 65.6. The second-order valence-electron chi connectivity index (χ2n) is 23.8. The summed E-state index contributed by atoms with van der Waals surface area (Å²) in [6, 6.07) is 0.169. The predicted octanol–water partition coefficient (Wildman–Crippen LogP) is 3.67. The van der Waals surface area contributed by atoms with Crippen molar-refractivity contribution in [2.75, 3.05) is 66.9 Å². The molecule has 6 rings (SSSR count). The van der Waals surface area contributed by atoms with Crippen LogP contribution < -0.4 is 31.2 Å². The molecule has 3 aromatic rings. The van der Waals surface area contributed by atoms with Crippen LogP contribution in [0, 0.1) is 36.0 Å². The molecule has 0 radical (unpaired) electrons. The van der Waals surface area contributed by atoms with Crippen LogP contribution in [-0.4, -0.2) is 192 Å². The summed E-state index contributed by atoms with van der Waals surface area (Å²) in [5, 5.41) is 33.8. The number of amides is 3. The largest absolute Gasteiger partial charge is 0.500 e. The highest BCUT2D eigenvalue weighted by Gasteiger charge is 2.60. The van der Waals surface area contributed by atoms with E-state index in [0.717, 1.165) is 21.1 Å². The van der Waals surface area contributed by atoms with Gasteiger partial charge in [0.05, 0.1) is 75.2 Å². The highest BCUT2D eigenvalue weighted by Crippen LogP contribution is 2.61. The van der Waals surface area contributed by atoms with Crippen molar-refractivity contribution in [2.45, 2.75) is 145 Å². The predicted molar refractivity (Wildman–Crippen MR) is 340 cm³/mol. The number of nitrogens with zero attached hydrogens (tertiary/aromatic N) is 3. The van der Waals surface area contributed by atoms with Crippen LogP contribution in [0.2, 0.25) is 0 Å². The van der Waals surface area contributed by atoms with Gasteiger partial charge in [0.1, 0.15) is 31.3 Å². The molecule has 33 nitrogen and oxygen atoms in total. The first-order valence-electron chi connectivity index (χ1n) is 29.5. The second-order valence-corrected chi connectivity index (χ2v) is 31.0. The normalized spacial score (nSPS) is 23.8. The summed E-state index contributed by atoms with van der Waals surface area (Å²) in [7, 11) is -9.09. The number of rotatable bonds is 29. The number of thiazole rings is 2. The standard InChI is InChI=1S/2C19H30N3O8PS.C18H26N3O8P/c1-12-14(32-11-21-12)7-9-28-18(25)13(2)22-31(26)29-10-19(3,4)16(30-31)17(24)20-8-6-15(23)27-5;1-11(17(24)25)8-20-16(23)15-19(4,5)9-29-31(27,30-15)22-13(3)18(26)28-7-6-14-12(2)21-10-32-14;1-18(2)11-28-30(26,29-15(18)16(23)20-8-6-14(22)27-3)21-13(17(24)25)9-12-5-4-7-19-10-12/h11,13,16,22,26H,6-10H2,1-5H3;10-11,13,15,22,27H,6-9H2,1-5H3,(H-,20,23,24,25);4-5,7,10,13,15H,6,8-9,11H2,1-3H3,(H,20,23)(H,21,26)(H,24,25)/p+2/t13-,16+,31?;11-,13-,15-,31?;13?,15-,30?/m100/s1. The minimum absolute atomic E-state index is 0.00742. The van der Waals surface area contributed by atoms with Gasteiger partial charge < -0.3 is 45.1 Å². The molecule has 38 heteroatoms. The van der Waals surface area contributed by atoms with Crippen LogP contribution in [0.3, 0.4) is 0 Å². The molecular weight excluding hydrogens is 1340 g/mol. The topological polar surface area (TPSA) is 455 Å². The quantitative estimate of drug-likeness (QED) is 0.0269. The lowest BCUT2D eigenvalue weighted by Crippen LogP contribution is -2.53. The highest BCUT2D eigenvalue weighted by atomic mass is 32.1. The molecule has 3 aliphatic heterocycles. The van der Waals surface area contributed by atoms with Crippen LogP contribution in [0.15, 0.2) is 35.5 Å². The Hall–Kier alpha value is -5.71. The molecule has 94 heavy (non-hydrogen) atoms. The molecule has 0 aliphatic carbocycles. The third kappa shape index (κ3) is 25.7. The van der Waals surface area contributed by atoms with Gasteiger partial charge in [-0.3, -0.25) is 57.2 Å². The molecule has 10 atom stereocenters. The molecule has 0 bridgehead atoms. The minimum Gasteiger partial charge on any atom is -0.481 e. The Morgan fingerprint density at radius 1 is 0.681 bits per heavy atom. The van der Waals surface area contributed by atoms with E-state index in [1.165, 1.54) is 63.9 Å². The molecular formula is C56H88N9O24P3S2+2. The molecule has 0 saturated carbocycles. The van der Waals surface area contributed by atoms with Crippen molar-refractivity contribution in [2.24, 2.45) is 22.2 Å². The van der Waals surface area contributed by atoms with E-state index in [0.29, 0.717) is 18.4 Å². The van der Waals surface area contributed by atoms with E-state index in [2.05, 4.69) is 55.6 Å². The van der Waals surface area contributed by atoms with Crippen LogP contribution in [0.1, 0.15) is 102 Å². The summed E-state index contributed by atoms with van der Waals surface area (Å²) in [4.78, 5) is 143. The molecule has 6 heterocycles. The SMILES string of the molecule is COC(=O)CCNC(=O)[C@@H]1OP(=O)(NC(Cc2cccnc2)C(=O)O)OCC1(C)C.COC(=O)CCNC(=O)[C@@H]1O[P+](O)(N[C@H](C)C(=O)OCCc2scnc2C)OCC1(C)C.Cc1ncsc1CCOC(=O)[C@H](C)N[P+]1(O)OCC(C)(C)[C@H](C(=O)NC[C@H](C)C(=O)O)O1. The number of aliphatic carboxylic acids is 2. The van der Waals surface area contributed by atoms with Gasteiger partial charge in [-0.25, -0.2) is 19.6 Å². The van der Waals surface area contributed by atoms with Crippen molar-refractivity contribution in [1.29, 1.82) is 0 Å². The molecule has 526 valence electrons. The van der Waals surface area contributed by atoms with Crippen molar-refractivity contribution < 1.29 is 114 Å². The van der Waals surface area contributed by atoms with Gasteiger partial charge in [-0.05, 0) is 39.3 Å². The van der Waals surface area contributed by atoms with Crippen LogP contribution in [0.4, 0.5) is 0 Å². The summed E-state index contributed by atoms with van der Waals surface area (Å²) >= 11 is 2.98. The van der Waals surface area contributed by atoms with E-state index < -0.39 is 136 Å². The number of ether oxygens (including phenoxy) is 4. The van der Waals surface area contributed by atoms with Crippen molar-refractivity contribution in [3.8, 4) is 0 Å². The average molecular weight is 1430 g/mol. The van der Waals surface area contributed by atoms with E-state index in [-0.39, 0.29) is 71.9 Å². The number of hydrogen-bond donors (Lipinski definition) is 10. The number of carbonyl (C=O) groups excluding carboxylic acids is 7. The molecule has 3 aliphatic rings. The van der Waals surface area contributed by atoms with Crippen molar-refractivity contribution in [3.05, 3.63) is 62.3 Å². The fourth-order valence-corrected chi connectivity index (χ4v) is 15.7. The fourth-order valence-electron chi connectivity index (χ4n) is 8.34. The van der Waals surface area contributed by atoms with Crippen LogP contribution in [0.25, 0.3) is 0 Å². The van der Waals surface area contributed by atoms with Gasteiger partial charge in [0.15, 0.2) is 18.3 Å². The lowest BCUT2D eigenvalue weighted by molar-refractivity contribution is -0.147. The summed E-state index contributed by atoms with van der Waals surface area (Å²) in [5.74, 6) is -6.88. The number of pyridine rings is 1. The van der Waals surface area contributed by atoms with Gasteiger partial charge in [0.25, 0.3) is 11.8 Å². The van der Waals surface area contributed by atoms with E-state index in [4.69, 9.17) is 41.7 Å². The monoisotopic (exact) mass is 1430 g/mol. The number of hydrogen-bond acceptors (Lipinski definition) is 29. The first kappa shape index (κ1) is 80.7. The molecule has 3 aromatic heterocycles. The summed E-state index contributed by atoms with van der Waals surface area (Å²) in [6.45, 7) is 18.8. The summed E-state index contributed by atoms with van der Waals surface area (Å²) in [5.41, 5.74) is 3.49. The van der Waals surface area contributed by atoms with E-state index in [9.17, 15) is 62.6 Å². The molecule has 4 unspecified atom stereocenters. The Balaban J connectivity index is 0.000000300. The van der Waals surface area contributed by atoms with E-state index in [1.807, 2.05) is 13.8 Å². The lowest BCUT2D eigenvalue weighted by atomic mass is 9.87. The lowest BCUT2D eigenvalue weighted by Gasteiger charge is -2.40. The summed E-state index contributed by atoms with van der Waals surface area (Å²) in [6.07, 6.45) is 0.731. The highest BCUT2D eigenvalue weighted by molar-refractivity contribution is 7.59. The van der Waals surface area contributed by atoms with Crippen LogP contribution in [0.5, 0.6) is 0 Å². The maximum atomic E-state index is 13.1. The number of aryl methyl sites for hydroxylation is 2. The third-order valence-corrected chi connectivity index (χ3v) is 21.1. The second kappa shape index (κ2) is 36.6. The number of carboxylic acid groups (broad SMARTS) is 2. The number of esters is 4. The van der Waals surface area contributed by atoms with Gasteiger partial charge in [-0.15, -0.1) is 41.9 Å². The molecule has 3 fully saturated rings. The number of carboxylic acids is 2. The molecule has 3 amide bonds. The Morgan fingerprint density at radius 3 is 1.53 bits per heavy atom. The molecule has 3 saturated heterocycles. The fraction of sp³-hybridized carbons (Fsp3) is 0.643. The maximum Gasteiger partial charge on any atom is 0.500 e. The van der Waals surface area contributed by atoms with Gasteiger partial charge >= 0.3 is 59.8 Å². The van der Waals surface area contributed by atoms with Gasteiger partial charge in [-0.1, -0.05) is 54.5 Å². The van der Waals surface area contributed by atoms with E-state index in [1.54, 1.807) is 70.9 Å². The first-order valence-corrected chi connectivity index (χ1v) is 35.9. The zero-order chi connectivity index (χ0) is 70.4.